The minimum absolute atomic E-state index is 0.283. The molecule has 0 aliphatic rings. The number of rotatable bonds is 8. The van der Waals surface area contributed by atoms with Gasteiger partial charge in [0.05, 0.1) is 42.9 Å². The maximum atomic E-state index is 13.3. The Kier molecular flexibility index (Phi) is 6.45. The van der Waals surface area contributed by atoms with Crippen LogP contribution in [0.3, 0.4) is 0 Å². The molecule has 1 heterocycles. The first-order valence-corrected chi connectivity index (χ1v) is 9.64. The normalized spacial score (nSPS) is 13.2. The molecule has 0 saturated carbocycles. The molecule has 8 heteroatoms. The summed E-state index contributed by atoms with van der Waals surface area (Å²) in [5.74, 6) is -1.25. The lowest BCUT2D eigenvalue weighted by molar-refractivity contribution is -0.311. The number of benzene rings is 2. The molecule has 3 rings (SSSR count). The van der Waals surface area contributed by atoms with Crippen molar-refractivity contribution in [3.63, 3.8) is 0 Å². The molecule has 0 spiro atoms. The number of methoxy groups -OCH3 is 1. The third-order valence-corrected chi connectivity index (χ3v) is 5.33. The molecular weight excluding hydrogens is 410 g/mol. The Morgan fingerprint density at radius 1 is 1.20 bits per heavy atom. The molecule has 30 heavy (non-hydrogen) atoms. The fourth-order valence-electron chi connectivity index (χ4n) is 3.62. The summed E-state index contributed by atoms with van der Waals surface area (Å²) in [4.78, 5) is 25.2. The molecule has 0 aliphatic carbocycles. The number of hydrogen-bond donors (Lipinski definition) is 2. The molecule has 0 bridgehead atoms. The van der Waals surface area contributed by atoms with E-state index in [1.165, 1.54) is 11.7 Å². The summed E-state index contributed by atoms with van der Waals surface area (Å²) >= 11 is 5.92. The number of carboxylic acid groups (broad SMARTS) is 1. The smallest absolute Gasteiger partial charge is 0.195 e. The van der Waals surface area contributed by atoms with Crippen molar-refractivity contribution in [2.75, 3.05) is 13.7 Å². The van der Waals surface area contributed by atoms with Gasteiger partial charge in [0.1, 0.15) is 5.75 Å². The van der Waals surface area contributed by atoms with Gasteiger partial charge in [0.15, 0.2) is 5.78 Å². The van der Waals surface area contributed by atoms with E-state index in [1.54, 1.807) is 49.4 Å². The number of aromatic nitrogens is 1. The number of carbonyl (C=O) groups is 2. The average molecular weight is 431 g/mol. The van der Waals surface area contributed by atoms with Crippen molar-refractivity contribution in [2.45, 2.75) is 25.5 Å². The number of aliphatic hydroxyl groups is 2. The Morgan fingerprint density at radius 2 is 1.87 bits per heavy atom. The van der Waals surface area contributed by atoms with Crippen LogP contribution in [-0.2, 0) is 4.79 Å². The maximum Gasteiger partial charge on any atom is 0.195 e. The summed E-state index contributed by atoms with van der Waals surface area (Å²) < 4.78 is 6.70. The number of aliphatic hydroxyl groups excluding tert-OH is 2. The highest BCUT2D eigenvalue weighted by molar-refractivity contribution is 6.30. The van der Waals surface area contributed by atoms with E-state index in [1.807, 2.05) is 0 Å². The van der Waals surface area contributed by atoms with Crippen LogP contribution >= 0.6 is 11.6 Å². The van der Waals surface area contributed by atoms with Gasteiger partial charge >= 0.3 is 0 Å². The van der Waals surface area contributed by atoms with Crippen LogP contribution in [0.25, 0.3) is 10.9 Å². The second kappa shape index (κ2) is 8.87. The number of fused-ring (bicyclic) bond motifs is 1. The van der Waals surface area contributed by atoms with Crippen LogP contribution in [0.15, 0.2) is 42.5 Å². The van der Waals surface area contributed by atoms with Gasteiger partial charge in [0.25, 0.3) is 0 Å². The molecule has 0 saturated heterocycles. The van der Waals surface area contributed by atoms with Crippen molar-refractivity contribution in [1.82, 2.24) is 4.57 Å². The quantitative estimate of drug-likeness (QED) is 0.528. The minimum atomic E-state index is -1.43. The van der Waals surface area contributed by atoms with Gasteiger partial charge in [0, 0.05) is 34.2 Å². The van der Waals surface area contributed by atoms with Gasteiger partial charge in [-0.1, -0.05) is 11.6 Å². The van der Waals surface area contributed by atoms with Gasteiger partial charge in [-0.2, -0.15) is 0 Å². The molecule has 0 radical (unpaired) electrons. The van der Waals surface area contributed by atoms with Crippen LogP contribution in [0.2, 0.25) is 5.02 Å². The molecule has 0 aliphatic heterocycles. The number of hydrogen-bond acceptors (Lipinski definition) is 6. The van der Waals surface area contributed by atoms with Crippen LogP contribution in [0, 0.1) is 6.92 Å². The van der Waals surface area contributed by atoms with Crippen molar-refractivity contribution in [1.29, 1.82) is 0 Å². The lowest BCUT2D eigenvalue weighted by Gasteiger charge is -2.25. The Labute approximate surface area is 178 Å². The van der Waals surface area contributed by atoms with Crippen LogP contribution in [0.5, 0.6) is 5.75 Å². The fourth-order valence-corrected chi connectivity index (χ4v) is 3.74. The molecule has 158 valence electrons. The molecule has 3 aromatic rings. The molecule has 1 aromatic heterocycles. The van der Waals surface area contributed by atoms with E-state index >= 15 is 0 Å². The van der Waals surface area contributed by atoms with E-state index in [-0.39, 0.29) is 12.2 Å². The summed E-state index contributed by atoms with van der Waals surface area (Å²) in [5, 5.41) is 32.0. The minimum Gasteiger partial charge on any atom is -0.548 e. The Bertz CT molecular complexity index is 1090. The predicted molar refractivity (Wildman–Crippen MR) is 110 cm³/mol. The van der Waals surface area contributed by atoms with Gasteiger partial charge < -0.3 is 29.4 Å². The average Bonchev–Trinajstić information content (AvgIpc) is 3.02. The lowest BCUT2D eigenvalue weighted by Crippen LogP contribution is -2.36. The van der Waals surface area contributed by atoms with E-state index in [0.29, 0.717) is 38.5 Å². The van der Waals surface area contributed by atoms with Gasteiger partial charge in [0.2, 0.25) is 0 Å². The summed E-state index contributed by atoms with van der Waals surface area (Å²) in [5.41, 5.74) is 1.58. The first kappa shape index (κ1) is 21.8. The molecule has 0 amide bonds. The van der Waals surface area contributed by atoms with Gasteiger partial charge in [-0.25, -0.2) is 0 Å². The summed E-state index contributed by atoms with van der Waals surface area (Å²) in [6.07, 6.45) is -1.54. The molecule has 2 unspecified atom stereocenters. The number of aliphatic carboxylic acids is 1. The van der Waals surface area contributed by atoms with Crippen molar-refractivity contribution < 1.29 is 29.6 Å². The second-order valence-electron chi connectivity index (χ2n) is 6.96. The van der Waals surface area contributed by atoms with Crippen molar-refractivity contribution in [3.05, 3.63) is 64.3 Å². The fraction of sp³-hybridized carbons (Fsp3) is 0.273. The summed E-state index contributed by atoms with van der Waals surface area (Å²) in [6, 6.07) is 10.1. The highest BCUT2D eigenvalue weighted by Crippen LogP contribution is 2.34. The zero-order valence-corrected chi connectivity index (χ0v) is 17.2. The van der Waals surface area contributed by atoms with E-state index < -0.39 is 24.7 Å². The first-order valence-electron chi connectivity index (χ1n) is 9.27. The first-order chi connectivity index (χ1) is 14.3. The van der Waals surface area contributed by atoms with E-state index in [4.69, 9.17) is 16.3 Å². The molecule has 2 N–H and O–H groups in total. The standard InChI is InChI=1S/C22H22ClNO6/c1-12-20(21(27)13-3-5-14(23)6-4-13)17-8-7-16(30-2)10-18(17)24(12)19(22(28)29)9-15(26)11-25/h3-8,10,15,19,25-26H,9,11H2,1-2H3,(H,28,29)/p-1. The number of ketones is 1. The van der Waals surface area contributed by atoms with Crippen LogP contribution < -0.4 is 9.84 Å². The van der Waals surface area contributed by atoms with Crippen molar-refractivity contribution in [2.24, 2.45) is 0 Å². The molecule has 2 atom stereocenters. The molecular formula is C22H21ClNO6-. The van der Waals surface area contributed by atoms with E-state index in [0.717, 1.165) is 0 Å². The zero-order chi connectivity index (χ0) is 22.0. The number of nitrogens with zero attached hydrogens (tertiary/aromatic N) is 1. The van der Waals surface area contributed by atoms with Crippen molar-refractivity contribution >= 4 is 34.3 Å². The van der Waals surface area contributed by atoms with Gasteiger partial charge in [-0.15, -0.1) is 0 Å². The van der Waals surface area contributed by atoms with Gasteiger partial charge in [-0.3, -0.25) is 4.79 Å². The van der Waals surface area contributed by atoms with Crippen LogP contribution in [-0.4, -0.2) is 46.4 Å². The Hall–Kier alpha value is -2.87. The number of carboxylic acids is 1. The third-order valence-electron chi connectivity index (χ3n) is 5.08. The zero-order valence-electron chi connectivity index (χ0n) is 16.5. The predicted octanol–water partition coefficient (Wildman–Crippen LogP) is 1.88. The molecule has 2 aromatic carbocycles. The monoisotopic (exact) mass is 430 g/mol. The number of ether oxygens (including phenoxy) is 1. The van der Waals surface area contributed by atoms with Crippen LogP contribution in [0.4, 0.5) is 0 Å². The van der Waals surface area contributed by atoms with Gasteiger partial charge in [-0.05, 0) is 43.3 Å². The SMILES string of the molecule is COc1ccc2c(C(=O)c3ccc(Cl)cc3)c(C)n(C(CC(O)CO)C(=O)[O-])c2c1. The van der Waals surface area contributed by atoms with Crippen LogP contribution in [0.1, 0.15) is 34.1 Å². The third kappa shape index (κ3) is 4.05. The maximum absolute atomic E-state index is 13.3. The Balaban J connectivity index is 2.26. The lowest BCUT2D eigenvalue weighted by atomic mass is 10.0. The Morgan fingerprint density at radius 3 is 2.43 bits per heavy atom. The topological polar surface area (TPSA) is 112 Å². The van der Waals surface area contributed by atoms with Crippen molar-refractivity contribution in [3.8, 4) is 5.75 Å². The summed E-state index contributed by atoms with van der Waals surface area (Å²) in [6.45, 7) is 1.04. The largest absolute Gasteiger partial charge is 0.548 e. The number of carbonyl (C=O) groups excluding carboxylic acids is 2. The highest BCUT2D eigenvalue weighted by atomic mass is 35.5. The summed E-state index contributed by atoms with van der Waals surface area (Å²) in [7, 11) is 1.48. The number of halogens is 1. The van der Waals surface area contributed by atoms with E-state index in [2.05, 4.69) is 0 Å². The molecule has 7 nitrogen and oxygen atoms in total. The highest BCUT2D eigenvalue weighted by Gasteiger charge is 2.27. The second-order valence-corrected chi connectivity index (χ2v) is 7.39. The van der Waals surface area contributed by atoms with E-state index in [9.17, 15) is 24.9 Å². The molecule has 0 fully saturated rings.